The van der Waals surface area contributed by atoms with Crippen molar-refractivity contribution in [1.29, 1.82) is 0 Å². The van der Waals surface area contributed by atoms with E-state index in [0.29, 0.717) is 13.2 Å². The van der Waals surface area contributed by atoms with Gasteiger partial charge in [0.15, 0.2) is 0 Å². The molecule has 0 saturated carbocycles. The normalized spacial score (nSPS) is 12.1. The molecule has 0 bridgehead atoms. The van der Waals surface area contributed by atoms with Crippen LogP contribution in [0.2, 0.25) is 0 Å². The van der Waals surface area contributed by atoms with Crippen molar-refractivity contribution in [1.82, 2.24) is 5.32 Å². The first-order chi connectivity index (χ1) is 6.72. The number of halogens is 1. The summed E-state index contributed by atoms with van der Waals surface area (Å²) >= 11 is 2.10. The summed E-state index contributed by atoms with van der Waals surface area (Å²) in [6, 6.07) is 0. The molecular formula is C10H18INO2. The molecule has 1 atom stereocenters. The van der Waals surface area contributed by atoms with Crippen molar-refractivity contribution in [2.45, 2.75) is 23.7 Å². The van der Waals surface area contributed by atoms with Gasteiger partial charge in [-0.15, -0.1) is 6.58 Å². The Labute approximate surface area is 99.4 Å². The molecule has 0 aliphatic heterocycles. The Bertz CT molecular complexity index is 174. The van der Waals surface area contributed by atoms with Crippen LogP contribution >= 0.6 is 22.6 Å². The number of alkyl halides is 1. The zero-order valence-corrected chi connectivity index (χ0v) is 10.7. The highest BCUT2D eigenvalue weighted by Crippen LogP contribution is 2.06. The summed E-state index contributed by atoms with van der Waals surface area (Å²) in [6.45, 7) is 7.65. The molecule has 0 aliphatic rings. The van der Waals surface area contributed by atoms with Crippen LogP contribution < -0.4 is 5.32 Å². The fourth-order valence-corrected chi connectivity index (χ4v) is 0.990. The highest BCUT2D eigenvalue weighted by molar-refractivity contribution is 14.1. The molecule has 0 saturated heterocycles. The Morgan fingerprint density at radius 1 is 1.64 bits per heavy atom. The van der Waals surface area contributed by atoms with E-state index in [1.807, 2.05) is 13.0 Å². The van der Waals surface area contributed by atoms with Crippen molar-refractivity contribution in [2.75, 3.05) is 19.7 Å². The topological polar surface area (TPSA) is 38.3 Å². The second-order valence-electron chi connectivity index (χ2n) is 2.87. The van der Waals surface area contributed by atoms with E-state index in [4.69, 9.17) is 4.74 Å². The van der Waals surface area contributed by atoms with E-state index >= 15 is 0 Å². The second-order valence-corrected chi connectivity index (χ2v) is 4.37. The molecule has 0 radical (unpaired) electrons. The molecule has 14 heavy (non-hydrogen) atoms. The Kier molecular flexibility index (Phi) is 9.39. The fraction of sp³-hybridized carbons (Fsp3) is 0.700. The van der Waals surface area contributed by atoms with Crippen LogP contribution in [0, 0.1) is 0 Å². The number of hydrogen-bond acceptors (Lipinski definition) is 3. The minimum absolute atomic E-state index is 0.0132. The first kappa shape index (κ1) is 13.9. The molecule has 82 valence electrons. The lowest BCUT2D eigenvalue weighted by molar-refractivity contribution is -0.142. The van der Waals surface area contributed by atoms with Crippen LogP contribution in [0.5, 0.6) is 0 Å². The van der Waals surface area contributed by atoms with Gasteiger partial charge in [-0.2, -0.15) is 0 Å². The Balaban J connectivity index is 3.27. The van der Waals surface area contributed by atoms with Crippen molar-refractivity contribution in [2.24, 2.45) is 0 Å². The average molecular weight is 311 g/mol. The number of nitrogens with one attached hydrogen (secondary N) is 1. The van der Waals surface area contributed by atoms with Crippen molar-refractivity contribution >= 4 is 28.6 Å². The predicted octanol–water partition coefficient (Wildman–Crippen LogP) is 1.91. The van der Waals surface area contributed by atoms with Gasteiger partial charge in [-0.25, -0.2) is 0 Å². The van der Waals surface area contributed by atoms with Gasteiger partial charge in [0.1, 0.15) is 10.5 Å². The smallest absolute Gasteiger partial charge is 0.318 e. The number of carbonyl (C=O) groups is 1. The van der Waals surface area contributed by atoms with Crippen LogP contribution in [0.25, 0.3) is 0 Å². The third-order valence-corrected chi connectivity index (χ3v) is 3.05. The maximum Gasteiger partial charge on any atom is 0.318 e. The van der Waals surface area contributed by atoms with Gasteiger partial charge in [0.25, 0.3) is 0 Å². The zero-order chi connectivity index (χ0) is 10.8. The molecule has 0 aromatic heterocycles. The Morgan fingerprint density at radius 2 is 2.36 bits per heavy atom. The van der Waals surface area contributed by atoms with Crippen LogP contribution in [-0.4, -0.2) is 29.6 Å². The highest BCUT2D eigenvalue weighted by atomic mass is 127. The largest absolute Gasteiger partial charge is 0.464 e. The van der Waals surface area contributed by atoms with Crippen molar-refractivity contribution in [3.8, 4) is 0 Å². The van der Waals surface area contributed by atoms with Gasteiger partial charge in [-0.1, -0.05) is 35.6 Å². The van der Waals surface area contributed by atoms with E-state index < -0.39 is 0 Å². The molecule has 0 aromatic rings. The number of rotatable bonds is 8. The molecule has 1 N–H and O–H groups in total. The SMILES string of the molecule is C=CCCNCCOC(=O)C(I)CC. The molecule has 0 amide bonds. The summed E-state index contributed by atoms with van der Waals surface area (Å²) in [5, 5.41) is 3.15. The molecule has 4 heteroatoms. The van der Waals surface area contributed by atoms with Gasteiger partial charge in [0.2, 0.25) is 0 Å². The van der Waals surface area contributed by atoms with E-state index in [1.54, 1.807) is 0 Å². The number of carbonyl (C=O) groups excluding carboxylic acids is 1. The van der Waals surface area contributed by atoms with E-state index in [0.717, 1.165) is 19.4 Å². The molecule has 1 unspecified atom stereocenters. The van der Waals surface area contributed by atoms with Gasteiger partial charge in [0, 0.05) is 6.54 Å². The van der Waals surface area contributed by atoms with Crippen LogP contribution in [0.4, 0.5) is 0 Å². The third kappa shape index (κ3) is 7.32. The molecule has 0 spiro atoms. The lowest BCUT2D eigenvalue weighted by Gasteiger charge is -2.08. The quantitative estimate of drug-likeness (QED) is 0.245. The van der Waals surface area contributed by atoms with Crippen molar-refractivity contribution in [3.63, 3.8) is 0 Å². The van der Waals surface area contributed by atoms with Crippen LogP contribution in [0.15, 0.2) is 12.7 Å². The Morgan fingerprint density at radius 3 is 2.93 bits per heavy atom. The second kappa shape index (κ2) is 9.45. The number of ether oxygens (including phenoxy) is 1. The minimum Gasteiger partial charge on any atom is -0.464 e. The summed E-state index contributed by atoms with van der Waals surface area (Å²) in [4.78, 5) is 11.2. The van der Waals surface area contributed by atoms with Crippen LogP contribution in [0.3, 0.4) is 0 Å². The summed E-state index contributed by atoms with van der Waals surface area (Å²) in [5.41, 5.74) is 0. The standard InChI is InChI=1S/C10H18INO2/c1-3-5-6-12-7-8-14-10(13)9(11)4-2/h3,9,12H,1,4-8H2,2H3. The van der Waals surface area contributed by atoms with Gasteiger partial charge < -0.3 is 10.1 Å². The van der Waals surface area contributed by atoms with Gasteiger partial charge in [0.05, 0.1) is 0 Å². The molecule has 3 nitrogen and oxygen atoms in total. The van der Waals surface area contributed by atoms with E-state index in [9.17, 15) is 4.79 Å². The summed E-state index contributed by atoms with van der Waals surface area (Å²) in [6.07, 6.45) is 3.62. The first-order valence-electron chi connectivity index (χ1n) is 4.84. The van der Waals surface area contributed by atoms with E-state index in [-0.39, 0.29) is 9.89 Å². The fourth-order valence-electron chi connectivity index (χ4n) is 0.810. The monoisotopic (exact) mass is 311 g/mol. The number of hydrogen-bond donors (Lipinski definition) is 1. The number of esters is 1. The maximum absolute atomic E-state index is 11.2. The lowest BCUT2D eigenvalue weighted by atomic mass is 10.3. The van der Waals surface area contributed by atoms with Gasteiger partial charge in [-0.3, -0.25) is 4.79 Å². The highest BCUT2D eigenvalue weighted by Gasteiger charge is 2.12. The first-order valence-corrected chi connectivity index (χ1v) is 6.09. The molecule has 0 heterocycles. The maximum atomic E-state index is 11.2. The minimum atomic E-state index is -0.112. The predicted molar refractivity (Wildman–Crippen MR) is 66.7 cm³/mol. The van der Waals surface area contributed by atoms with Crippen LogP contribution in [0.1, 0.15) is 19.8 Å². The van der Waals surface area contributed by atoms with Crippen molar-refractivity contribution in [3.05, 3.63) is 12.7 Å². The van der Waals surface area contributed by atoms with Gasteiger partial charge in [-0.05, 0) is 19.4 Å². The average Bonchev–Trinajstić information content (AvgIpc) is 2.21. The molecule has 0 fully saturated rings. The van der Waals surface area contributed by atoms with Gasteiger partial charge >= 0.3 is 5.97 Å². The van der Waals surface area contributed by atoms with E-state index in [1.165, 1.54) is 0 Å². The van der Waals surface area contributed by atoms with Crippen molar-refractivity contribution < 1.29 is 9.53 Å². The van der Waals surface area contributed by atoms with E-state index in [2.05, 4.69) is 34.5 Å². The Hall–Kier alpha value is -0.100. The van der Waals surface area contributed by atoms with Crippen LogP contribution in [-0.2, 0) is 9.53 Å². The summed E-state index contributed by atoms with van der Waals surface area (Å²) in [7, 11) is 0. The zero-order valence-electron chi connectivity index (χ0n) is 8.59. The molecule has 0 aliphatic carbocycles. The molecule has 0 aromatic carbocycles. The summed E-state index contributed by atoms with van der Waals surface area (Å²) in [5.74, 6) is -0.112. The third-order valence-electron chi connectivity index (χ3n) is 1.66. The lowest BCUT2D eigenvalue weighted by Crippen LogP contribution is -2.24. The summed E-state index contributed by atoms with van der Waals surface area (Å²) < 4.78 is 5.03. The molecular weight excluding hydrogens is 293 g/mol. The molecule has 0 rings (SSSR count).